The van der Waals surface area contributed by atoms with Crippen LogP contribution in [0.1, 0.15) is 11.1 Å². The topological polar surface area (TPSA) is 90.0 Å². The molecule has 0 bridgehead atoms. The Balaban J connectivity index is 2.03. The second-order valence-corrected chi connectivity index (χ2v) is 4.00. The van der Waals surface area contributed by atoms with Gasteiger partial charge in [0.2, 0.25) is 5.88 Å². The lowest BCUT2D eigenvalue weighted by Gasteiger charge is -2.07. The molecule has 20 heavy (non-hydrogen) atoms. The van der Waals surface area contributed by atoms with Crippen molar-refractivity contribution in [1.29, 1.82) is 0 Å². The molecule has 2 rings (SSSR count). The first-order valence-electron chi connectivity index (χ1n) is 5.92. The molecule has 1 heterocycles. The van der Waals surface area contributed by atoms with E-state index in [4.69, 9.17) is 20.4 Å². The molecule has 1 aromatic heterocycles. The van der Waals surface area contributed by atoms with E-state index in [1.54, 1.807) is 19.2 Å². The molecule has 0 fully saturated rings. The Morgan fingerprint density at radius 3 is 2.70 bits per heavy atom. The summed E-state index contributed by atoms with van der Waals surface area (Å²) in [6.45, 7) is 0.372. The Morgan fingerprint density at radius 1 is 1.30 bits per heavy atom. The molecule has 0 aliphatic rings. The number of oxime groups is 1. The maximum atomic E-state index is 8.63. The minimum atomic E-state index is 0.0155. The van der Waals surface area contributed by atoms with Crippen LogP contribution in [0.4, 0.5) is 0 Å². The van der Waals surface area contributed by atoms with E-state index in [1.165, 1.54) is 6.20 Å². The second kappa shape index (κ2) is 6.42. The summed E-state index contributed by atoms with van der Waals surface area (Å²) in [5, 5.41) is 11.6. The van der Waals surface area contributed by atoms with Gasteiger partial charge in [-0.1, -0.05) is 17.3 Å². The fourth-order valence-corrected chi connectivity index (χ4v) is 1.58. The zero-order valence-corrected chi connectivity index (χ0v) is 11.0. The van der Waals surface area contributed by atoms with Crippen LogP contribution >= 0.6 is 0 Å². The predicted octanol–water partition coefficient (Wildman–Crippen LogP) is 1.76. The SMILES string of the molecule is COc1ccc(COc2cc(/C(N)=N/O)ccn2)cc1. The van der Waals surface area contributed by atoms with Gasteiger partial charge in [0.1, 0.15) is 12.4 Å². The summed E-state index contributed by atoms with van der Waals surface area (Å²) >= 11 is 0. The van der Waals surface area contributed by atoms with Crippen LogP contribution in [-0.4, -0.2) is 23.1 Å². The highest BCUT2D eigenvalue weighted by molar-refractivity contribution is 5.97. The van der Waals surface area contributed by atoms with Gasteiger partial charge < -0.3 is 20.4 Å². The smallest absolute Gasteiger partial charge is 0.214 e. The van der Waals surface area contributed by atoms with E-state index in [2.05, 4.69) is 10.1 Å². The van der Waals surface area contributed by atoms with E-state index in [9.17, 15) is 0 Å². The van der Waals surface area contributed by atoms with Crippen LogP contribution in [0.5, 0.6) is 11.6 Å². The number of aromatic nitrogens is 1. The number of nitrogens with zero attached hydrogens (tertiary/aromatic N) is 2. The zero-order valence-electron chi connectivity index (χ0n) is 11.0. The summed E-state index contributed by atoms with van der Waals surface area (Å²) in [6.07, 6.45) is 1.54. The first-order chi connectivity index (χ1) is 9.72. The fraction of sp³-hybridized carbons (Fsp3) is 0.143. The second-order valence-electron chi connectivity index (χ2n) is 4.00. The lowest BCUT2D eigenvalue weighted by molar-refractivity contribution is 0.293. The summed E-state index contributed by atoms with van der Waals surface area (Å²) in [6, 6.07) is 10.8. The van der Waals surface area contributed by atoms with Crippen LogP contribution in [0.3, 0.4) is 0 Å². The van der Waals surface area contributed by atoms with Crippen molar-refractivity contribution < 1.29 is 14.7 Å². The van der Waals surface area contributed by atoms with E-state index in [1.807, 2.05) is 24.3 Å². The molecule has 104 valence electrons. The van der Waals surface area contributed by atoms with E-state index in [0.29, 0.717) is 18.1 Å². The number of hydrogen-bond acceptors (Lipinski definition) is 5. The summed E-state index contributed by atoms with van der Waals surface area (Å²) in [4.78, 5) is 4.07. The minimum Gasteiger partial charge on any atom is -0.497 e. The molecule has 0 radical (unpaired) electrons. The lowest BCUT2D eigenvalue weighted by atomic mass is 10.2. The highest BCUT2D eigenvalue weighted by atomic mass is 16.5. The standard InChI is InChI=1S/C14H15N3O3/c1-19-12-4-2-10(3-5-12)9-20-13-8-11(6-7-16-13)14(15)17-18/h2-8,18H,9H2,1H3,(H2,15,17). The van der Waals surface area contributed by atoms with Crippen molar-refractivity contribution in [3.8, 4) is 11.6 Å². The van der Waals surface area contributed by atoms with Gasteiger partial charge in [0, 0.05) is 17.8 Å². The number of rotatable bonds is 5. The third kappa shape index (κ3) is 3.38. The van der Waals surface area contributed by atoms with Crippen molar-refractivity contribution in [2.75, 3.05) is 7.11 Å². The highest BCUT2D eigenvalue weighted by Gasteiger charge is 2.03. The van der Waals surface area contributed by atoms with Gasteiger partial charge in [-0.25, -0.2) is 4.98 Å². The number of ether oxygens (including phenoxy) is 2. The van der Waals surface area contributed by atoms with E-state index >= 15 is 0 Å². The van der Waals surface area contributed by atoms with Crippen LogP contribution in [0.2, 0.25) is 0 Å². The van der Waals surface area contributed by atoms with Crippen molar-refractivity contribution in [2.24, 2.45) is 10.9 Å². The molecular weight excluding hydrogens is 258 g/mol. The maximum Gasteiger partial charge on any atom is 0.214 e. The third-order valence-corrected chi connectivity index (χ3v) is 2.68. The van der Waals surface area contributed by atoms with Gasteiger partial charge in [-0.2, -0.15) is 0 Å². The summed E-state index contributed by atoms with van der Waals surface area (Å²) in [5.41, 5.74) is 7.04. The Morgan fingerprint density at radius 2 is 2.05 bits per heavy atom. The largest absolute Gasteiger partial charge is 0.497 e. The summed E-state index contributed by atoms with van der Waals surface area (Å²) in [7, 11) is 1.62. The van der Waals surface area contributed by atoms with Crippen molar-refractivity contribution in [3.63, 3.8) is 0 Å². The number of pyridine rings is 1. The molecule has 6 nitrogen and oxygen atoms in total. The van der Waals surface area contributed by atoms with E-state index < -0.39 is 0 Å². The van der Waals surface area contributed by atoms with Crippen LogP contribution in [-0.2, 0) is 6.61 Å². The first-order valence-corrected chi connectivity index (χ1v) is 5.92. The molecule has 0 unspecified atom stereocenters. The number of nitrogens with two attached hydrogens (primary N) is 1. The van der Waals surface area contributed by atoms with Crippen molar-refractivity contribution in [1.82, 2.24) is 4.98 Å². The van der Waals surface area contributed by atoms with Crippen LogP contribution in [0.25, 0.3) is 0 Å². The quantitative estimate of drug-likeness (QED) is 0.375. The number of benzene rings is 1. The molecule has 0 aliphatic heterocycles. The monoisotopic (exact) mass is 273 g/mol. The zero-order chi connectivity index (χ0) is 14.4. The summed E-state index contributed by atoms with van der Waals surface area (Å²) < 4.78 is 10.6. The molecule has 1 aromatic carbocycles. The first kappa shape index (κ1) is 13.7. The van der Waals surface area contributed by atoms with Gasteiger partial charge in [0.15, 0.2) is 5.84 Å². The van der Waals surface area contributed by atoms with Gasteiger partial charge in [-0.3, -0.25) is 0 Å². The number of methoxy groups -OCH3 is 1. The molecule has 0 atom stereocenters. The van der Waals surface area contributed by atoms with E-state index in [0.717, 1.165) is 11.3 Å². The normalized spacial score (nSPS) is 11.2. The number of amidine groups is 1. The lowest BCUT2D eigenvalue weighted by Crippen LogP contribution is -2.13. The fourth-order valence-electron chi connectivity index (χ4n) is 1.58. The van der Waals surface area contributed by atoms with Crippen molar-refractivity contribution in [3.05, 3.63) is 53.7 Å². The molecule has 6 heteroatoms. The van der Waals surface area contributed by atoms with Crippen molar-refractivity contribution >= 4 is 5.84 Å². The van der Waals surface area contributed by atoms with Crippen molar-refractivity contribution in [2.45, 2.75) is 6.61 Å². The van der Waals surface area contributed by atoms with Crippen LogP contribution < -0.4 is 15.2 Å². The Kier molecular flexibility index (Phi) is 4.39. The maximum absolute atomic E-state index is 8.63. The average Bonchev–Trinajstić information content (AvgIpc) is 2.53. The molecule has 0 aliphatic carbocycles. The molecule has 0 spiro atoms. The average molecular weight is 273 g/mol. The molecule has 0 saturated carbocycles. The van der Waals surface area contributed by atoms with Gasteiger partial charge in [-0.15, -0.1) is 0 Å². The molecule has 2 aromatic rings. The predicted molar refractivity (Wildman–Crippen MR) is 74.1 cm³/mol. The van der Waals surface area contributed by atoms with Gasteiger partial charge in [0.05, 0.1) is 7.11 Å². The van der Waals surface area contributed by atoms with Gasteiger partial charge >= 0.3 is 0 Å². The Bertz CT molecular complexity index is 597. The van der Waals surface area contributed by atoms with E-state index in [-0.39, 0.29) is 5.84 Å². The number of hydrogen-bond donors (Lipinski definition) is 2. The summed E-state index contributed by atoms with van der Waals surface area (Å²) in [5.74, 6) is 1.22. The Labute approximate surface area is 116 Å². The molecule has 0 amide bonds. The van der Waals surface area contributed by atoms with Gasteiger partial charge in [-0.05, 0) is 23.8 Å². The molecule has 3 N–H and O–H groups in total. The van der Waals surface area contributed by atoms with Crippen LogP contribution in [0, 0.1) is 0 Å². The highest BCUT2D eigenvalue weighted by Crippen LogP contribution is 2.14. The third-order valence-electron chi connectivity index (χ3n) is 2.68. The molecular formula is C14H15N3O3. The van der Waals surface area contributed by atoms with Gasteiger partial charge in [0.25, 0.3) is 0 Å². The Hall–Kier alpha value is -2.76. The molecule has 0 saturated heterocycles. The van der Waals surface area contributed by atoms with Crippen LogP contribution in [0.15, 0.2) is 47.8 Å². The minimum absolute atomic E-state index is 0.0155.